The number of hydrogen-bond acceptors (Lipinski definition) is 3. The average Bonchev–Trinajstić information content (AvgIpc) is 3.30. The van der Waals surface area contributed by atoms with Gasteiger partial charge in [0.1, 0.15) is 11.3 Å². The Kier molecular flexibility index (Phi) is 5.29. The second-order valence-electron chi connectivity index (χ2n) is 6.53. The molecule has 142 valence electrons. The molecule has 0 spiro atoms. The molecule has 0 fully saturated rings. The van der Waals surface area contributed by atoms with Gasteiger partial charge in [0.25, 0.3) is 5.91 Å². The molecule has 2 aromatic heterocycles. The van der Waals surface area contributed by atoms with Crippen LogP contribution in [0.4, 0.5) is 0 Å². The van der Waals surface area contributed by atoms with Crippen LogP contribution in [0.25, 0.3) is 11.0 Å². The lowest BCUT2D eigenvalue weighted by atomic mass is 10.1. The molecule has 0 aliphatic heterocycles. The van der Waals surface area contributed by atoms with E-state index in [9.17, 15) is 4.79 Å². The molecule has 0 N–H and O–H groups in total. The molecule has 0 atom stereocenters. The van der Waals surface area contributed by atoms with Crippen LogP contribution in [0.2, 0.25) is 5.02 Å². The van der Waals surface area contributed by atoms with E-state index in [4.69, 9.17) is 20.4 Å². The van der Waals surface area contributed by atoms with Gasteiger partial charge in [0.15, 0.2) is 5.76 Å². The van der Waals surface area contributed by atoms with Crippen molar-refractivity contribution in [3.63, 3.8) is 0 Å². The highest BCUT2D eigenvalue weighted by Gasteiger charge is 2.25. The van der Waals surface area contributed by atoms with Gasteiger partial charge in [-0.25, -0.2) is 0 Å². The number of fused-ring (bicyclic) bond motifs is 1. The second-order valence-corrected chi connectivity index (χ2v) is 7.85. The summed E-state index contributed by atoms with van der Waals surface area (Å²) in [5, 5.41) is 1.53. The lowest BCUT2D eigenvalue weighted by Crippen LogP contribution is -2.30. The van der Waals surface area contributed by atoms with E-state index in [1.807, 2.05) is 55.5 Å². The Morgan fingerprint density at radius 1 is 1.11 bits per heavy atom. The molecular formula is C22H17BrClNO3. The summed E-state index contributed by atoms with van der Waals surface area (Å²) in [6.07, 6.45) is 1.59. The number of aryl methyl sites for hydroxylation is 1. The Morgan fingerprint density at radius 3 is 2.68 bits per heavy atom. The summed E-state index contributed by atoms with van der Waals surface area (Å²) in [7, 11) is 0. The van der Waals surface area contributed by atoms with Gasteiger partial charge in [-0.2, -0.15) is 0 Å². The summed E-state index contributed by atoms with van der Waals surface area (Å²) in [6.45, 7) is 2.56. The van der Waals surface area contributed by atoms with Gasteiger partial charge in [0, 0.05) is 27.0 Å². The van der Waals surface area contributed by atoms with Crippen molar-refractivity contribution in [3.8, 4) is 0 Å². The van der Waals surface area contributed by atoms with Crippen LogP contribution in [-0.4, -0.2) is 10.8 Å². The summed E-state index contributed by atoms with van der Waals surface area (Å²) in [4.78, 5) is 15.1. The minimum absolute atomic E-state index is 0.207. The summed E-state index contributed by atoms with van der Waals surface area (Å²) in [5.41, 5.74) is 2.35. The summed E-state index contributed by atoms with van der Waals surface area (Å²) >= 11 is 9.77. The third-order valence-corrected chi connectivity index (χ3v) is 5.49. The van der Waals surface area contributed by atoms with Gasteiger partial charge in [-0.15, -0.1) is 0 Å². The van der Waals surface area contributed by atoms with Gasteiger partial charge in [-0.1, -0.05) is 45.7 Å². The zero-order valence-electron chi connectivity index (χ0n) is 15.1. The van der Waals surface area contributed by atoms with Crippen molar-refractivity contribution in [2.45, 2.75) is 20.0 Å². The van der Waals surface area contributed by atoms with Crippen LogP contribution in [0.15, 0.2) is 74.2 Å². The van der Waals surface area contributed by atoms with Crippen molar-refractivity contribution in [1.29, 1.82) is 0 Å². The molecule has 4 rings (SSSR count). The second kappa shape index (κ2) is 7.86. The Labute approximate surface area is 175 Å². The molecule has 6 heteroatoms. The van der Waals surface area contributed by atoms with E-state index in [0.717, 1.165) is 21.0 Å². The van der Waals surface area contributed by atoms with Gasteiger partial charge >= 0.3 is 0 Å². The van der Waals surface area contributed by atoms with Crippen molar-refractivity contribution in [1.82, 2.24) is 4.90 Å². The molecule has 0 aliphatic carbocycles. The van der Waals surface area contributed by atoms with E-state index in [-0.39, 0.29) is 5.91 Å². The molecule has 0 unspecified atom stereocenters. The highest BCUT2D eigenvalue weighted by molar-refractivity contribution is 9.10. The van der Waals surface area contributed by atoms with Gasteiger partial charge in [-0.3, -0.25) is 4.79 Å². The standard InChI is InChI=1S/C22H17BrClNO3/c1-14-18-9-8-16(23)11-20(18)28-21(14)22(26)25(13-17-6-4-10-27-17)12-15-5-2-3-7-19(15)24/h2-11H,12-13H2,1H3. The zero-order chi connectivity index (χ0) is 19.7. The summed E-state index contributed by atoms with van der Waals surface area (Å²) < 4.78 is 12.3. The van der Waals surface area contributed by atoms with Crippen molar-refractivity contribution < 1.29 is 13.6 Å². The Balaban J connectivity index is 1.72. The van der Waals surface area contributed by atoms with Gasteiger partial charge in [0.2, 0.25) is 0 Å². The fourth-order valence-electron chi connectivity index (χ4n) is 3.17. The van der Waals surface area contributed by atoms with Crippen LogP contribution >= 0.6 is 27.5 Å². The van der Waals surface area contributed by atoms with Gasteiger partial charge < -0.3 is 13.7 Å². The highest BCUT2D eigenvalue weighted by atomic mass is 79.9. The van der Waals surface area contributed by atoms with Crippen molar-refractivity contribution in [2.75, 3.05) is 0 Å². The van der Waals surface area contributed by atoms with Crippen molar-refractivity contribution in [3.05, 3.63) is 93.0 Å². The third kappa shape index (κ3) is 3.73. The molecule has 28 heavy (non-hydrogen) atoms. The number of rotatable bonds is 5. The van der Waals surface area contributed by atoms with E-state index >= 15 is 0 Å². The fraction of sp³-hybridized carbons (Fsp3) is 0.136. The molecule has 2 heterocycles. The first kappa shape index (κ1) is 18.8. The topological polar surface area (TPSA) is 46.6 Å². The molecular weight excluding hydrogens is 442 g/mol. The van der Waals surface area contributed by atoms with Crippen LogP contribution in [0.3, 0.4) is 0 Å². The number of benzene rings is 2. The average molecular weight is 459 g/mol. The first-order valence-corrected chi connectivity index (χ1v) is 9.94. The van der Waals surface area contributed by atoms with E-state index in [0.29, 0.717) is 35.2 Å². The molecule has 0 bridgehead atoms. The molecule has 0 saturated carbocycles. The Bertz CT molecular complexity index is 1130. The lowest BCUT2D eigenvalue weighted by Gasteiger charge is -2.21. The number of nitrogens with zero attached hydrogens (tertiary/aromatic N) is 1. The number of carbonyl (C=O) groups is 1. The number of amides is 1. The molecule has 4 aromatic rings. The number of hydrogen-bond donors (Lipinski definition) is 0. The fourth-order valence-corrected chi connectivity index (χ4v) is 3.70. The maximum atomic E-state index is 13.4. The molecule has 0 aliphatic rings. The lowest BCUT2D eigenvalue weighted by molar-refractivity contribution is 0.0686. The van der Waals surface area contributed by atoms with Crippen molar-refractivity contribution >= 4 is 44.4 Å². The predicted molar refractivity (Wildman–Crippen MR) is 112 cm³/mol. The molecule has 4 nitrogen and oxygen atoms in total. The monoisotopic (exact) mass is 457 g/mol. The Hall–Kier alpha value is -2.50. The first-order chi connectivity index (χ1) is 13.5. The molecule has 0 saturated heterocycles. The zero-order valence-corrected chi connectivity index (χ0v) is 17.5. The normalized spacial score (nSPS) is 11.1. The smallest absolute Gasteiger partial charge is 0.290 e. The quantitative estimate of drug-likeness (QED) is 0.339. The molecule has 1 amide bonds. The minimum atomic E-state index is -0.207. The first-order valence-electron chi connectivity index (χ1n) is 8.76. The van der Waals surface area contributed by atoms with Crippen LogP contribution in [0, 0.1) is 6.92 Å². The van der Waals surface area contributed by atoms with Gasteiger partial charge in [0.05, 0.1) is 12.8 Å². The Morgan fingerprint density at radius 2 is 1.93 bits per heavy atom. The number of furan rings is 2. The third-order valence-electron chi connectivity index (χ3n) is 4.63. The van der Waals surface area contributed by atoms with Crippen molar-refractivity contribution in [2.24, 2.45) is 0 Å². The maximum Gasteiger partial charge on any atom is 0.290 e. The predicted octanol–water partition coefficient (Wildman–Crippen LogP) is 6.59. The highest BCUT2D eigenvalue weighted by Crippen LogP contribution is 2.30. The van der Waals surface area contributed by atoms with Gasteiger partial charge in [-0.05, 0) is 48.9 Å². The largest absolute Gasteiger partial charge is 0.467 e. The van der Waals surface area contributed by atoms with Crippen LogP contribution in [-0.2, 0) is 13.1 Å². The van der Waals surface area contributed by atoms with Crippen LogP contribution in [0.1, 0.15) is 27.4 Å². The SMILES string of the molecule is Cc1c(C(=O)N(Cc2ccco2)Cc2ccccc2Cl)oc2cc(Br)ccc12. The number of carbonyl (C=O) groups excluding carboxylic acids is 1. The van der Waals surface area contributed by atoms with E-state index in [2.05, 4.69) is 15.9 Å². The summed E-state index contributed by atoms with van der Waals surface area (Å²) in [5.74, 6) is 0.810. The maximum absolute atomic E-state index is 13.4. The molecule has 2 aromatic carbocycles. The number of halogens is 2. The van der Waals surface area contributed by atoms with E-state index in [1.165, 1.54) is 0 Å². The minimum Gasteiger partial charge on any atom is -0.467 e. The van der Waals surface area contributed by atoms with E-state index in [1.54, 1.807) is 17.2 Å². The van der Waals surface area contributed by atoms with Crippen LogP contribution in [0.5, 0.6) is 0 Å². The molecule has 0 radical (unpaired) electrons. The van der Waals surface area contributed by atoms with E-state index < -0.39 is 0 Å². The van der Waals surface area contributed by atoms with Crippen LogP contribution < -0.4 is 0 Å². The summed E-state index contributed by atoms with van der Waals surface area (Å²) in [6, 6.07) is 16.9.